The normalized spacial score (nSPS) is 17.2. The van der Waals surface area contributed by atoms with Crippen LogP contribution in [-0.4, -0.2) is 32.7 Å². The number of nitro benzene ring substituents is 1. The maximum Gasteiger partial charge on any atom is 0.314 e. The van der Waals surface area contributed by atoms with Crippen LogP contribution in [-0.2, 0) is 4.79 Å². The first-order valence-electron chi connectivity index (χ1n) is 10.4. The summed E-state index contributed by atoms with van der Waals surface area (Å²) in [6.45, 7) is 0. The van der Waals surface area contributed by atoms with E-state index < -0.39 is 22.3 Å². The van der Waals surface area contributed by atoms with E-state index in [9.17, 15) is 24.8 Å². The number of Topliss-reactive ketones (excluding diaryl/α,β-unsaturated/α-hetero) is 1. The van der Waals surface area contributed by atoms with Gasteiger partial charge in [0.15, 0.2) is 11.5 Å². The average Bonchev–Trinajstić information content (AvgIpc) is 3.14. The topological polar surface area (TPSA) is 139 Å². The summed E-state index contributed by atoms with van der Waals surface area (Å²) in [5.74, 6) is -1.27. The molecule has 2 heterocycles. The standard InChI is InChI=1S/C23H20N4O6/c1-33-17-11-12(10-15(21(17)29)27(31)32)18-19-14(8-5-9-16(19)28)24-22-20(18)23(30)26(25-22)13-6-3-2-4-7-13/h2-4,6-7,10-11,18,24-25,29H,5,8-9H2,1H3/t18-/m1/s1. The van der Waals surface area contributed by atoms with Gasteiger partial charge in [0.25, 0.3) is 5.56 Å². The second-order valence-electron chi connectivity index (χ2n) is 7.95. The van der Waals surface area contributed by atoms with E-state index in [-0.39, 0.29) is 22.7 Å². The number of H-pyrrole nitrogens is 1. The number of allylic oxidation sites excluding steroid dienone is 2. The molecule has 2 aliphatic rings. The van der Waals surface area contributed by atoms with Crippen molar-refractivity contribution in [3.8, 4) is 17.2 Å². The van der Waals surface area contributed by atoms with Crippen molar-refractivity contribution in [3.63, 3.8) is 0 Å². The quantitative estimate of drug-likeness (QED) is 0.411. The highest BCUT2D eigenvalue weighted by Gasteiger charge is 2.40. The minimum absolute atomic E-state index is 0.108. The summed E-state index contributed by atoms with van der Waals surface area (Å²) in [7, 11) is 1.28. The maximum atomic E-state index is 13.6. The van der Waals surface area contributed by atoms with Gasteiger partial charge in [0.2, 0.25) is 5.75 Å². The Morgan fingerprint density at radius 3 is 2.64 bits per heavy atom. The molecule has 0 spiro atoms. The molecule has 33 heavy (non-hydrogen) atoms. The van der Waals surface area contributed by atoms with Crippen molar-refractivity contribution in [1.29, 1.82) is 0 Å². The lowest BCUT2D eigenvalue weighted by molar-refractivity contribution is -0.386. The number of ether oxygens (including phenoxy) is 1. The monoisotopic (exact) mass is 448 g/mol. The summed E-state index contributed by atoms with van der Waals surface area (Å²) in [5.41, 5.74) is 1.35. The summed E-state index contributed by atoms with van der Waals surface area (Å²) < 4.78 is 6.54. The van der Waals surface area contributed by atoms with E-state index in [0.717, 1.165) is 0 Å². The minimum Gasteiger partial charge on any atom is -0.500 e. The number of anilines is 1. The van der Waals surface area contributed by atoms with E-state index in [0.29, 0.717) is 47.6 Å². The molecule has 1 aliphatic carbocycles. The summed E-state index contributed by atoms with van der Waals surface area (Å²) in [4.78, 5) is 37.5. The zero-order valence-electron chi connectivity index (χ0n) is 17.6. The number of hydrogen-bond donors (Lipinski definition) is 3. The number of nitrogens with zero attached hydrogens (tertiary/aromatic N) is 2. The van der Waals surface area contributed by atoms with Crippen LogP contribution in [0.4, 0.5) is 11.5 Å². The minimum atomic E-state index is -0.856. The molecule has 168 valence electrons. The van der Waals surface area contributed by atoms with Gasteiger partial charge in [0.05, 0.1) is 23.3 Å². The Balaban J connectivity index is 1.79. The lowest BCUT2D eigenvalue weighted by Gasteiger charge is -2.31. The second-order valence-corrected chi connectivity index (χ2v) is 7.95. The molecular weight excluding hydrogens is 428 g/mol. The predicted molar refractivity (Wildman–Crippen MR) is 119 cm³/mol. The van der Waals surface area contributed by atoms with Gasteiger partial charge in [0, 0.05) is 29.7 Å². The third-order valence-electron chi connectivity index (χ3n) is 6.08. The fraction of sp³-hybridized carbons (Fsp3) is 0.217. The number of aromatic amines is 1. The van der Waals surface area contributed by atoms with Crippen molar-refractivity contribution in [2.24, 2.45) is 0 Å². The third kappa shape index (κ3) is 3.18. The van der Waals surface area contributed by atoms with Gasteiger partial charge < -0.3 is 15.2 Å². The first kappa shape index (κ1) is 20.6. The summed E-state index contributed by atoms with van der Waals surface area (Å²) in [6.07, 6.45) is 1.59. The Morgan fingerprint density at radius 1 is 1.18 bits per heavy atom. The zero-order valence-corrected chi connectivity index (χ0v) is 17.6. The van der Waals surface area contributed by atoms with Crippen molar-refractivity contribution in [2.45, 2.75) is 25.2 Å². The van der Waals surface area contributed by atoms with Crippen molar-refractivity contribution in [1.82, 2.24) is 9.78 Å². The Hall–Kier alpha value is -4.34. The average molecular weight is 448 g/mol. The Morgan fingerprint density at radius 2 is 1.94 bits per heavy atom. The number of para-hydroxylation sites is 1. The molecule has 3 aromatic rings. The molecule has 0 unspecified atom stereocenters. The number of benzene rings is 2. The number of methoxy groups -OCH3 is 1. The molecule has 10 heteroatoms. The van der Waals surface area contributed by atoms with E-state index in [1.807, 2.05) is 6.07 Å². The predicted octanol–water partition coefficient (Wildman–Crippen LogP) is 3.35. The fourth-order valence-electron chi connectivity index (χ4n) is 4.60. The summed E-state index contributed by atoms with van der Waals surface area (Å²) in [6, 6.07) is 11.6. The van der Waals surface area contributed by atoms with E-state index in [2.05, 4.69) is 10.4 Å². The van der Waals surface area contributed by atoms with Crippen LogP contribution in [0.2, 0.25) is 0 Å². The van der Waals surface area contributed by atoms with Gasteiger partial charge in [-0.1, -0.05) is 18.2 Å². The number of fused-ring (bicyclic) bond motifs is 1. The SMILES string of the molecule is COc1cc([C@@H]2C3=C(CCCC3=O)Nc3[nH]n(-c4ccccc4)c(=O)c32)cc([N+](=O)[O-])c1O. The number of phenols is 1. The molecule has 0 radical (unpaired) electrons. The molecule has 1 aromatic heterocycles. The van der Waals surface area contributed by atoms with E-state index in [4.69, 9.17) is 4.74 Å². The molecule has 5 rings (SSSR count). The van der Waals surface area contributed by atoms with Gasteiger partial charge in [-0.15, -0.1) is 0 Å². The van der Waals surface area contributed by atoms with Crippen LogP contribution in [0.3, 0.4) is 0 Å². The van der Waals surface area contributed by atoms with Crippen LogP contribution in [0.15, 0.2) is 58.5 Å². The highest BCUT2D eigenvalue weighted by Crippen LogP contribution is 2.47. The maximum absolute atomic E-state index is 13.6. The smallest absolute Gasteiger partial charge is 0.314 e. The molecule has 1 atom stereocenters. The Bertz CT molecular complexity index is 1390. The number of rotatable bonds is 4. The van der Waals surface area contributed by atoms with Crippen LogP contribution in [0.5, 0.6) is 11.5 Å². The van der Waals surface area contributed by atoms with Crippen molar-refractivity contribution < 1.29 is 19.6 Å². The van der Waals surface area contributed by atoms with Gasteiger partial charge in [0.1, 0.15) is 5.82 Å². The molecule has 1 aliphatic heterocycles. The van der Waals surface area contributed by atoms with Gasteiger partial charge in [-0.25, -0.2) is 4.68 Å². The number of aromatic nitrogens is 2. The molecule has 3 N–H and O–H groups in total. The molecule has 0 saturated carbocycles. The number of nitro groups is 1. The largest absolute Gasteiger partial charge is 0.500 e. The van der Waals surface area contributed by atoms with Crippen molar-refractivity contribution in [3.05, 3.63) is 85.3 Å². The van der Waals surface area contributed by atoms with E-state index >= 15 is 0 Å². The Kier molecular flexibility index (Phi) is 4.77. The first-order chi connectivity index (χ1) is 15.9. The van der Waals surface area contributed by atoms with Crippen LogP contribution >= 0.6 is 0 Å². The highest BCUT2D eigenvalue weighted by atomic mass is 16.6. The van der Waals surface area contributed by atoms with Gasteiger partial charge in [-0.2, -0.15) is 0 Å². The molecule has 0 amide bonds. The molecule has 10 nitrogen and oxygen atoms in total. The van der Waals surface area contributed by atoms with Crippen LogP contribution in [0.1, 0.15) is 36.3 Å². The van der Waals surface area contributed by atoms with E-state index in [1.54, 1.807) is 24.3 Å². The van der Waals surface area contributed by atoms with E-state index in [1.165, 1.54) is 23.9 Å². The highest BCUT2D eigenvalue weighted by molar-refractivity contribution is 6.01. The number of phenolic OH excluding ortho intramolecular Hbond substituents is 1. The number of aromatic hydroxyl groups is 1. The van der Waals surface area contributed by atoms with Crippen LogP contribution in [0, 0.1) is 10.1 Å². The molecule has 2 aromatic carbocycles. The number of carbonyl (C=O) groups is 1. The molecular formula is C23H20N4O6. The number of hydrogen-bond acceptors (Lipinski definition) is 7. The van der Waals surface area contributed by atoms with Gasteiger partial charge in [-0.05, 0) is 36.6 Å². The van der Waals surface area contributed by atoms with Gasteiger partial charge in [-0.3, -0.25) is 24.8 Å². The lowest BCUT2D eigenvalue weighted by Crippen LogP contribution is -2.30. The Labute approximate surface area is 187 Å². The van der Waals surface area contributed by atoms with Crippen LogP contribution in [0.25, 0.3) is 5.69 Å². The van der Waals surface area contributed by atoms with Crippen molar-refractivity contribution in [2.75, 3.05) is 12.4 Å². The fourth-order valence-corrected chi connectivity index (χ4v) is 4.60. The zero-order chi connectivity index (χ0) is 23.3. The van der Waals surface area contributed by atoms with Gasteiger partial charge >= 0.3 is 5.69 Å². The molecule has 0 fully saturated rings. The number of carbonyl (C=O) groups excluding carboxylic acids is 1. The summed E-state index contributed by atoms with van der Waals surface area (Å²) in [5, 5.41) is 28.1. The number of ketones is 1. The second kappa shape index (κ2) is 7.66. The first-order valence-corrected chi connectivity index (χ1v) is 10.4. The molecule has 0 bridgehead atoms. The molecule has 0 saturated heterocycles. The number of nitrogens with one attached hydrogen (secondary N) is 2. The van der Waals surface area contributed by atoms with Crippen molar-refractivity contribution >= 4 is 17.3 Å². The third-order valence-corrected chi connectivity index (χ3v) is 6.08. The summed E-state index contributed by atoms with van der Waals surface area (Å²) >= 11 is 0. The lowest BCUT2D eigenvalue weighted by atomic mass is 9.76. The van der Waals surface area contributed by atoms with Crippen LogP contribution < -0.4 is 15.6 Å².